The first kappa shape index (κ1) is 18.8. The van der Waals surface area contributed by atoms with E-state index in [4.69, 9.17) is 4.74 Å². The lowest BCUT2D eigenvalue weighted by Crippen LogP contribution is -2.49. The molecule has 22 heavy (non-hydrogen) atoms. The number of carbonyl (C=O) groups excluding carboxylic acids is 1. The number of rotatable bonds is 4. The maximum Gasteiger partial charge on any atom is 0.306 e. The molecular formula is C19H32O3. The molecule has 126 valence electrons. The molecule has 0 radical (unpaired) electrons. The molecule has 0 amide bonds. The summed E-state index contributed by atoms with van der Waals surface area (Å²) in [7, 11) is 0. The number of hydrogen-bond acceptors (Lipinski definition) is 3. The lowest BCUT2D eigenvalue weighted by Gasteiger charge is -2.54. The van der Waals surface area contributed by atoms with Gasteiger partial charge in [0.2, 0.25) is 0 Å². The molecule has 1 aliphatic rings. The van der Waals surface area contributed by atoms with Crippen LogP contribution in [0.2, 0.25) is 0 Å². The number of esters is 1. The lowest BCUT2D eigenvalue weighted by molar-refractivity contribution is -0.143. The van der Waals surface area contributed by atoms with Crippen molar-refractivity contribution < 1.29 is 14.6 Å². The van der Waals surface area contributed by atoms with Gasteiger partial charge in [0.25, 0.3) is 0 Å². The van der Waals surface area contributed by atoms with Crippen LogP contribution >= 0.6 is 0 Å². The van der Waals surface area contributed by atoms with Crippen molar-refractivity contribution in [2.75, 3.05) is 6.61 Å². The van der Waals surface area contributed by atoms with Crippen molar-refractivity contribution in [3.05, 3.63) is 23.5 Å². The largest absolute Gasteiger partial charge is 0.512 e. The number of allylic oxidation sites excluding steroid dienone is 4. The van der Waals surface area contributed by atoms with E-state index in [1.165, 1.54) is 5.57 Å². The molecule has 0 aromatic heterocycles. The second-order valence-electron chi connectivity index (χ2n) is 8.26. The summed E-state index contributed by atoms with van der Waals surface area (Å²) in [6, 6.07) is 0. The van der Waals surface area contributed by atoms with E-state index in [0.29, 0.717) is 25.2 Å². The third-order valence-corrected chi connectivity index (χ3v) is 4.92. The third-order valence-electron chi connectivity index (χ3n) is 4.92. The molecule has 0 spiro atoms. The SMILES string of the molecule is CCOC(=O)CCC1=CC=C(O)C(C(C)(C)C)(C(C)(C)C)C1. The zero-order valence-corrected chi connectivity index (χ0v) is 15.2. The molecule has 1 aliphatic carbocycles. The number of aliphatic hydroxyl groups is 1. The first-order chi connectivity index (χ1) is 9.95. The molecule has 1 N–H and O–H groups in total. The quantitative estimate of drug-likeness (QED) is 0.728. The minimum Gasteiger partial charge on any atom is -0.512 e. The molecule has 0 aliphatic heterocycles. The minimum absolute atomic E-state index is 0.0880. The van der Waals surface area contributed by atoms with Gasteiger partial charge in [-0.2, -0.15) is 0 Å². The van der Waals surface area contributed by atoms with Gasteiger partial charge in [0.05, 0.1) is 12.4 Å². The molecule has 0 aromatic rings. The Bertz CT molecular complexity index is 456. The van der Waals surface area contributed by atoms with Gasteiger partial charge in [0, 0.05) is 11.8 Å². The van der Waals surface area contributed by atoms with Gasteiger partial charge in [-0.15, -0.1) is 0 Å². The summed E-state index contributed by atoms with van der Waals surface area (Å²) in [6.45, 7) is 15.3. The Labute approximate surface area is 135 Å². The summed E-state index contributed by atoms with van der Waals surface area (Å²) in [5.41, 5.74) is 0.694. The molecule has 0 saturated carbocycles. The minimum atomic E-state index is -0.335. The van der Waals surface area contributed by atoms with E-state index in [2.05, 4.69) is 41.5 Å². The van der Waals surface area contributed by atoms with Crippen molar-refractivity contribution in [2.24, 2.45) is 16.2 Å². The van der Waals surface area contributed by atoms with E-state index in [-0.39, 0.29) is 22.2 Å². The van der Waals surface area contributed by atoms with Crippen LogP contribution in [-0.2, 0) is 9.53 Å². The van der Waals surface area contributed by atoms with Crippen LogP contribution in [0.25, 0.3) is 0 Å². The number of carbonyl (C=O) groups is 1. The Morgan fingerprint density at radius 2 is 1.73 bits per heavy atom. The average molecular weight is 308 g/mol. The molecule has 0 aromatic carbocycles. The molecule has 3 nitrogen and oxygen atoms in total. The van der Waals surface area contributed by atoms with Crippen LogP contribution in [0.1, 0.15) is 67.7 Å². The van der Waals surface area contributed by atoms with E-state index in [1.807, 2.05) is 19.1 Å². The van der Waals surface area contributed by atoms with Crippen molar-refractivity contribution in [3.63, 3.8) is 0 Å². The Hall–Kier alpha value is -1.25. The van der Waals surface area contributed by atoms with Gasteiger partial charge in [-0.25, -0.2) is 0 Å². The summed E-state index contributed by atoms with van der Waals surface area (Å²) in [6.07, 6.45) is 5.65. The van der Waals surface area contributed by atoms with Gasteiger partial charge < -0.3 is 9.84 Å². The van der Waals surface area contributed by atoms with E-state index < -0.39 is 0 Å². The standard InChI is InChI=1S/C19H32O3/c1-8-22-16(21)12-10-14-9-11-15(20)19(13-14,17(2,3)4)18(5,6)7/h9,11,20H,8,10,12-13H2,1-7H3. The predicted molar refractivity (Wildman–Crippen MR) is 90.6 cm³/mol. The molecule has 0 unspecified atom stereocenters. The van der Waals surface area contributed by atoms with Gasteiger partial charge >= 0.3 is 5.97 Å². The Morgan fingerprint density at radius 1 is 1.18 bits per heavy atom. The molecule has 0 saturated heterocycles. The molecular weight excluding hydrogens is 276 g/mol. The zero-order valence-electron chi connectivity index (χ0n) is 15.2. The fourth-order valence-corrected chi connectivity index (χ4v) is 3.92. The molecule has 3 heteroatoms. The smallest absolute Gasteiger partial charge is 0.306 e. The maximum atomic E-state index is 11.6. The average Bonchev–Trinajstić information content (AvgIpc) is 2.35. The topological polar surface area (TPSA) is 46.5 Å². The van der Waals surface area contributed by atoms with Crippen molar-refractivity contribution in [2.45, 2.75) is 67.7 Å². The monoisotopic (exact) mass is 308 g/mol. The van der Waals surface area contributed by atoms with Gasteiger partial charge in [-0.05, 0) is 36.7 Å². The highest BCUT2D eigenvalue weighted by Gasteiger charge is 2.54. The summed E-state index contributed by atoms with van der Waals surface area (Å²) in [5.74, 6) is 0.298. The molecule has 1 rings (SSSR count). The van der Waals surface area contributed by atoms with Crippen LogP contribution in [0.4, 0.5) is 0 Å². The number of ether oxygens (including phenoxy) is 1. The zero-order chi connectivity index (χ0) is 17.2. The van der Waals surface area contributed by atoms with Crippen molar-refractivity contribution >= 4 is 5.97 Å². The van der Waals surface area contributed by atoms with Crippen molar-refractivity contribution in [3.8, 4) is 0 Å². The third kappa shape index (κ3) is 3.56. The first-order valence-corrected chi connectivity index (χ1v) is 8.20. The highest BCUT2D eigenvalue weighted by atomic mass is 16.5. The Balaban J connectivity index is 3.03. The number of aliphatic hydroxyl groups excluding tert-OH is 1. The Kier molecular flexibility index (Phi) is 5.53. The van der Waals surface area contributed by atoms with Crippen LogP contribution in [0, 0.1) is 16.2 Å². The van der Waals surface area contributed by atoms with Crippen LogP contribution in [0.3, 0.4) is 0 Å². The normalized spacial score (nSPS) is 18.5. The van der Waals surface area contributed by atoms with E-state index >= 15 is 0 Å². The summed E-state index contributed by atoms with van der Waals surface area (Å²) < 4.78 is 5.01. The molecule has 0 atom stereocenters. The molecule has 0 bridgehead atoms. The van der Waals surface area contributed by atoms with Crippen LogP contribution in [0.15, 0.2) is 23.5 Å². The van der Waals surface area contributed by atoms with Gasteiger partial charge in [-0.3, -0.25) is 4.79 Å². The fraction of sp³-hybridized carbons (Fsp3) is 0.737. The maximum absolute atomic E-state index is 11.6. The summed E-state index contributed by atoms with van der Waals surface area (Å²) >= 11 is 0. The van der Waals surface area contributed by atoms with Gasteiger partial charge in [0.1, 0.15) is 0 Å². The fourth-order valence-electron chi connectivity index (χ4n) is 3.92. The van der Waals surface area contributed by atoms with E-state index in [0.717, 1.165) is 6.42 Å². The lowest BCUT2D eigenvalue weighted by atomic mass is 9.50. The van der Waals surface area contributed by atoms with Crippen molar-refractivity contribution in [1.29, 1.82) is 0 Å². The van der Waals surface area contributed by atoms with Gasteiger partial charge in [-0.1, -0.05) is 53.2 Å². The summed E-state index contributed by atoms with van der Waals surface area (Å²) in [5, 5.41) is 10.7. The highest BCUT2D eigenvalue weighted by Crippen LogP contribution is 2.60. The van der Waals surface area contributed by atoms with Crippen LogP contribution < -0.4 is 0 Å². The second kappa shape index (κ2) is 6.47. The van der Waals surface area contributed by atoms with Crippen LogP contribution in [-0.4, -0.2) is 17.7 Å². The van der Waals surface area contributed by atoms with Crippen LogP contribution in [0.5, 0.6) is 0 Å². The second-order valence-corrected chi connectivity index (χ2v) is 8.26. The summed E-state index contributed by atoms with van der Waals surface area (Å²) in [4.78, 5) is 11.6. The molecule has 0 heterocycles. The highest BCUT2D eigenvalue weighted by molar-refractivity contribution is 5.69. The van der Waals surface area contributed by atoms with Crippen molar-refractivity contribution in [1.82, 2.24) is 0 Å². The van der Waals surface area contributed by atoms with E-state index in [1.54, 1.807) is 0 Å². The van der Waals surface area contributed by atoms with E-state index in [9.17, 15) is 9.90 Å². The molecule has 0 fully saturated rings. The Morgan fingerprint density at radius 3 is 2.18 bits per heavy atom. The predicted octanol–water partition coefficient (Wildman–Crippen LogP) is 5.18. The first-order valence-electron chi connectivity index (χ1n) is 8.20. The number of hydrogen-bond donors (Lipinski definition) is 1. The van der Waals surface area contributed by atoms with Gasteiger partial charge in [0.15, 0.2) is 0 Å².